The van der Waals surface area contributed by atoms with Crippen molar-refractivity contribution in [1.29, 1.82) is 0 Å². The standard InChI is InChI=1S/C29H23ClFN9O3/c30-18-4-5-21(34-13-18)27-22(2-1-8-33-27)37-29(43)24-11-19(31)14-39(24)25(41)15-40-23-6-3-16(17-7-9-35-36-12-17)10-20(23)26(38-40)28(32)42/h1-10,12-13,19,24H,11,14-15H2,(H2,32,42)(H,37,43). The topological polar surface area (TPSA) is 162 Å². The molecule has 3 amide bonds. The van der Waals surface area contributed by atoms with Crippen molar-refractivity contribution < 1.29 is 18.8 Å². The Kier molecular flexibility index (Phi) is 7.47. The molecule has 0 radical (unpaired) electrons. The lowest BCUT2D eigenvalue weighted by Crippen LogP contribution is -2.44. The molecule has 0 saturated carbocycles. The van der Waals surface area contributed by atoms with Crippen LogP contribution in [0.2, 0.25) is 5.02 Å². The van der Waals surface area contributed by atoms with Gasteiger partial charge in [0.2, 0.25) is 11.8 Å². The summed E-state index contributed by atoms with van der Waals surface area (Å²) in [5, 5.41) is 15.6. The number of aromatic nitrogens is 6. The Balaban J connectivity index is 1.25. The van der Waals surface area contributed by atoms with Gasteiger partial charge in [0.05, 0.1) is 40.9 Å². The van der Waals surface area contributed by atoms with Crippen LogP contribution in [-0.4, -0.2) is 71.3 Å². The minimum absolute atomic E-state index is 0.0225. The normalized spacial score (nSPS) is 16.4. The van der Waals surface area contributed by atoms with Gasteiger partial charge in [0.1, 0.15) is 24.5 Å². The van der Waals surface area contributed by atoms with E-state index in [1.807, 2.05) is 0 Å². The van der Waals surface area contributed by atoms with Crippen LogP contribution in [0.4, 0.5) is 10.1 Å². The van der Waals surface area contributed by atoms with Crippen molar-refractivity contribution in [1.82, 2.24) is 34.8 Å². The van der Waals surface area contributed by atoms with Gasteiger partial charge in [-0.1, -0.05) is 17.7 Å². The highest BCUT2D eigenvalue weighted by Crippen LogP contribution is 2.29. The van der Waals surface area contributed by atoms with Gasteiger partial charge >= 0.3 is 0 Å². The molecule has 0 bridgehead atoms. The number of halogens is 2. The van der Waals surface area contributed by atoms with Crippen LogP contribution in [0.1, 0.15) is 16.9 Å². The van der Waals surface area contributed by atoms with Gasteiger partial charge in [-0.2, -0.15) is 15.3 Å². The van der Waals surface area contributed by atoms with E-state index in [9.17, 15) is 18.8 Å². The zero-order valence-electron chi connectivity index (χ0n) is 22.4. The number of primary amides is 1. The van der Waals surface area contributed by atoms with Crippen molar-refractivity contribution in [3.8, 4) is 22.5 Å². The van der Waals surface area contributed by atoms with Crippen LogP contribution in [0.5, 0.6) is 0 Å². The molecular formula is C29H23ClFN9O3. The van der Waals surface area contributed by atoms with Gasteiger partial charge in [-0.25, -0.2) is 4.39 Å². The zero-order chi connectivity index (χ0) is 30.1. The molecule has 6 rings (SSSR count). The summed E-state index contributed by atoms with van der Waals surface area (Å²) in [4.78, 5) is 48.9. The van der Waals surface area contributed by atoms with Crippen LogP contribution in [0.3, 0.4) is 0 Å². The lowest BCUT2D eigenvalue weighted by molar-refractivity contribution is -0.137. The summed E-state index contributed by atoms with van der Waals surface area (Å²) < 4.78 is 16.0. The predicted octanol–water partition coefficient (Wildman–Crippen LogP) is 3.28. The number of likely N-dealkylation sites (tertiary alicyclic amines) is 1. The number of pyridine rings is 2. The fraction of sp³-hybridized carbons (Fsp3) is 0.172. The second-order valence-corrected chi connectivity index (χ2v) is 10.3. The van der Waals surface area contributed by atoms with Gasteiger partial charge in [-0.3, -0.25) is 29.0 Å². The fourth-order valence-electron chi connectivity index (χ4n) is 5.09. The SMILES string of the molecule is NC(=O)c1nn(CC(=O)N2CC(F)CC2C(=O)Nc2cccnc2-c2ccc(Cl)cn2)c2ccc(-c3ccnnc3)cc12. The number of carbonyl (C=O) groups is 3. The van der Waals surface area contributed by atoms with Crippen molar-refractivity contribution in [2.24, 2.45) is 5.73 Å². The maximum Gasteiger partial charge on any atom is 0.269 e. The second kappa shape index (κ2) is 11.5. The average molecular weight is 600 g/mol. The van der Waals surface area contributed by atoms with E-state index in [2.05, 4.69) is 30.6 Å². The number of hydrogen-bond donors (Lipinski definition) is 2. The minimum atomic E-state index is -1.40. The van der Waals surface area contributed by atoms with Crippen molar-refractivity contribution in [3.05, 3.63) is 84.0 Å². The summed E-state index contributed by atoms with van der Waals surface area (Å²) in [6.45, 7) is -0.611. The van der Waals surface area contributed by atoms with E-state index in [1.165, 1.54) is 15.8 Å². The number of fused-ring (bicyclic) bond motifs is 1. The molecule has 2 atom stereocenters. The molecule has 1 fully saturated rings. The van der Waals surface area contributed by atoms with E-state index in [-0.39, 0.29) is 25.2 Å². The summed E-state index contributed by atoms with van der Waals surface area (Å²) in [7, 11) is 0. The Labute approximate surface area is 248 Å². The third-order valence-corrected chi connectivity index (χ3v) is 7.32. The number of rotatable bonds is 7. The highest BCUT2D eigenvalue weighted by molar-refractivity contribution is 6.30. The summed E-state index contributed by atoms with van der Waals surface area (Å²) in [5.74, 6) is -1.89. The molecule has 216 valence electrons. The molecule has 1 aliphatic rings. The number of anilines is 1. The fourth-order valence-corrected chi connectivity index (χ4v) is 5.20. The van der Waals surface area contributed by atoms with Crippen molar-refractivity contribution in [2.45, 2.75) is 25.2 Å². The van der Waals surface area contributed by atoms with E-state index in [0.29, 0.717) is 33.0 Å². The molecule has 43 heavy (non-hydrogen) atoms. The Hall–Kier alpha value is -5.30. The molecule has 4 aromatic heterocycles. The van der Waals surface area contributed by atoms with Gasteiger partial charge < -0.3 is 16.0 Å². The second-order valence-electron chi connectivity index (χ2n) is 9.88. The number of nitrogens with zero attached hydrogens (tertiary/aromatic N) is 7. The molecule has 5 aromatic rings. The van der Waals surface area contributed by atoms with Gasteiger partial charge in [-0.05, 0) is 48.0 Å². The van der Waals surface area contributed by atoms with Gasteiger partial charge in [0.25, 0.3) is 5.91 Å². The molecule has 1 aliphatic heterocycles. The van der Waals surface area contributed by atoms with Crippen molar-refractivity contribution in [3.63, 3.8) is 0 Å². The molecule has 1 saturated heterocycles. The Morgan fingerprint density at radius 3 is 2.63 bits per heavy atom. The van der Waals surface area contributed by atoms with E-state index in [0.717, 1.165) is 11.1 Å². The largest absolute Gasteiger partial charge is 0.364 e. The lowest BCUT2D eigenvalue weighted by atomic mass is 10.0. The van der Waals surface area contributed by atoms with Crippen LogP contribution in [-0.2, 0) is 16.1 Å². The van der Waals surface area contributed by atoms with Crippen LogP contribution in [0, 0.1) is 0 Å². The highest BCUT2D eigenvalue weighted by Gasteiger charge is 2.40. The van der Waals surface area contributed by atoms with Gasteiger partial charge in [0, 0.05) is 29.8 Å². The summed E-state index contributed by atoms with van der Waals surface area (Å²) in [6, 6.07) is 12.5. The number of hydrogen-bond acceptors (Lipinski definition) is 8. The summed E-state index contributed by atoms with van der Waals surface area (Å²) in [6.07, 6.45) is 4.55. The maximum absolute atomic E-state index is 14.7. The molecule has 14 heteroatoms. The molecular weight excluding hydrogens is 577 g/mol. The molecule has 0 aliphatic carbocycles. The van der Waals surface area contributed by atoms with E-state index >= 15 is 0 Å². The van der Waals surface area contributed by atoms with Gasteiger partial charge in [-0.15, -0.1) is 0 Å². The monoisotopic (exact) mass is 599 g/mol. The van der Waals surface area contributed by atoms with Gasteiger partial charge in [0.15, 0.2) is 5.69 Å². The molecule has 2 unspecified atom stereocenters. The predicted molar refractivity (Wildman–Crippen MR) is 155 cm³/mol. The lowest BCUT2D eigenvalue weighted by Gasteiger charge is -2.24. The third-order valence-electron chi connectivity index (χ3n) is 7.10. The number of benzene rings is 1. The molecule has 1 aromatic carbocycles. The summed E-state index contributed by atoms with van der Waals surface area (Å²) >= 11 is 5.95. The summed E-state index contributed by atoms with van der Waals surface area (Å²) in [5.41, 5.74) is 8.77. The van der Waals surface area contributed by atoms with Crippen molar-refractivity contribution >= 4 is 45.9 Å². The third kappa shape index (κ3) is 5.62. The Morgan fingerprint density at radius 2 is 1.88 bits per heavy atom. The first-order valence-corrected chi connectivity index (χ1v) is 13.5. The first kappa shape index (κ1) is 27.8. The quantitative estimate of drug-likeness (QED) is 0.288. The smallest absolute Gasteiger partial charge is 0.269 e. The van der Waals surface area contributed by atoms with E-state index < -0.39 is 29.9 Å². The van der Waals surface area contributed by atoms with Crippen LogP contribution in [0.15, 0.2) is 73.3 Å². The van der Waals surface area contributed by atoms with Crippen LogP contribution < -0.4 is 11.1 Å². The van der Waals surface area contributed by atoms with Crippen LogP contribution in [0.25, 0.3) is 33.4 Å². The van der Waals surface area contributed by atoms with E-state index in [1.54, 1.807) is 67.1 Å². The van der Waals surface area contributed by atoms with E-state index in [4.69, 9.17) is 17.3 Å². The van der Waals surface area contributed by atoms with Crippen molar-refractivity contribution in [2.75, 3.05) is 11.9 Å². The maximum atomic E-state index is 14.7. The number of nitrogens with one attached hydrogen (secondary N) is 1. The Morgan fingerprint density at radius 1 is 1.02 bits per heavy atom. The first-order valence-electron chi connectivity index (χ1n) is 13.2. The number of amides is 3. The number of alkyl halides is 1. The first-order chi connectivity index (χ1) is 20.8. The zero-order valence-corrected chi connectivity index (χ0v) is 23.1. The number of nitrogens with two attached hydrogens (primary N) is 1. The number of carbonyl (C=O) groups excluding carboxylic acids is 3. The highest BCUT2D eigenvalue weighted by atomic mass is 35.5. The minimum Gasteiger partial charge on any atom is -0.364 e. The Bertz CT molecular complexity index is 1850. The molecule has 12 nitrogen and oxygen atoms in total. The molecule has 5 heterocycles. The molecule has 0 spiro atoms. The molecule has 3 N–H and O–H groups in total. The van der Waals surface area contributed by atoms with Crippen LogP contribution >= 0.6 is 11.6 Å². The average Bonchev–Trinajstić information content (AvgIpc) is 3.59.